The van der Waals surface area contributed by atoms with Crippen molar-refractivity contribution in [3.63, 3.8) is 0 Å². The first kappa shape index (κ1) is 22.7. The number of rotatable bonds is 0. The molecule has 0 saturated carbocycles. The minimum absolute atomic E-state index is 0. The van der Waals surface area contributed by atoms with E-state index in [2.05, 4.69) is 56.2 Å². The fraction of sp³-hybridized carbons (Fsp3) is 0.176. The summed E-state index contributed by atoms with van der Waals surface area (Å²) in [4.78, 5) is 3.06. The second-order valence-corrected chi connectivity index (χ2v) is 4.50. The Labute approximate surface area is 158 Å². The van der Waals surface area contributed by atoms with Crippen molar-refractivity contribution >= 4 is 10.9 Å². The Kier molecular flexibility index (Phi) is 12.0. The molecule has 0 saturated heterocycles. The normalized spacial score (nSPS) is 10.9. The van der Waals surface area contributed by atoms with Gasteiger partial charge in [0, 0.05) is 0 Å². The molecule has 1 aliphatic rings. The van der Waals surface area contributed by atoms with Gasteiger partial charge in [-0.05, 0) is 0 Å². The molecule has 3 rings (SSSR count). The van der Waals surface area contributed by atoms with Gasteiger partial charge in [-0.2, -0.15) is 34.8 Å². The van der Waals surface area contributed by atoms with E-state index >= 15 is 0 Å². The molecule has 4 heteroatoms. The molecule has 1 aromatic carbocycles. The van der Waals surface area contributed by atoms with E-state index in [9.17, 15) is 0 Å². The molecular weight excluding hydrogens is 380 g/mol. The van der Waals surface area contributed by atoms with Gasteiger partial charge in [-0.25, -0.2) is 0 Å². The van der Waals surface area contributed by atoms with Crippen LogP contribution in [0.2, 0.25) is 0 Å². The van der Waals surface area contributed by atoms with Gasteiger partial charge < -0.3 is 29.8 Å². The van der Waals surface area contributed by atoms with Crippen LogP contribution < -0.4 is 24.8 Å². The van der Waals surface area contributed by atoms with Crippen LogP contribution in [0, 0.1) is 19.2 Å². The van der Waals surface area contributed by atoms with Gasteiger partial charge in [0.05, 0.1) is 0 Å². The maximum atomic E-state index is 3.10. The summed E-state index contributed by atoms with van der Waals surface area (Å²) in [5, 5.41) is 1.27. The third kappa shape index (κ3) is 6.38. The van der Waals surface area contributed by atoms with Crippen molar-refractivity contribution in [2.24, 2.45) is 0 Å². The summed E-state index contributed by atoms with van der Waals surface area (Å²) in [7, 11) is 0. The van der Waals surface area contributed by atoms with Crippen molar-refractivity contribution < 1.29 is 51.0 Å². The molecule has 1 N–H and O–H groups in total. The molecule has 1 aromatic heterocycles. The number of hydrogen-bond acceptors (Lipinski definition) is 0. The van der Waals surface area contributed by atoms with Crippen molar-refractivity contribution in [1.29, 1.82) is 0 Å². The quantitative estimate of drug-likeness (QED) is 0.523. The zero-order valence-electron chi connectivity index (χ0n) is 12.3. The number of hydrogen-bond donors (Lipinski definition) is 1. The Balaban J connectivity index is 0. The second kappa shape index (κ2) is 11.1. The molecule has 0 spiro atoms. The number of allylic oxidation sites excluding steroid dienone is 6. The van der Waals surface area contributed by atoms with Crippen LogP contribution >= 0.6 is 0 Å². The van der Waals surface area contributed by atoms with Gasteiger partial charge in [-0.1, -0.05) is 32.9 Å². The Morgan fingerprint density at radius 2 is 1.76 bits per heavy atom. The molecule has 21 heavy (non-hydrogen) atoms. The molecule has 1 nitrogen and oxygen atoms in total. The monoisotopic (exact) mass is 395 g/mol. The Hall–Kier alpha value is -0.557. The van der Waals surface area contributed by atoms with E-state index < -0.39 is 0 Å². The van der Waals surface area contributed by atoms with Gasteiger partial charge in [0.1, 0.15) is 0 Å². The Morgan fingerprint density at radius 1 is 1.10 bits per heavy atom. The van der Waals surface area contributed by atoms with E-state index in [1.165, 1.54) is 27.6 Å². The van der Waals surface area contributed by atoms with Crippen LogP contribution in [0.3, 0.4) is 0 Å². The molecule has 0 aliphatic heterocycles. The first-order chi connectivity index (χ1) is 8.68. The molecule has 0 amide bonds. The van der Waals surface area contributed by atoms with Crippen LogP contribution in [0.25, 0.3) is 10.9 Å². The summed E-state index contributed by atoms with van der Waals surface area (Å²) in [6, 6.07) is 8.21. The summed E-state index contributed by atoms with van der Waals surface area (Å²) in [6.45, 7) is 6.23. The van der Waals surface area contributed by atoms with Crippen molar-refractivity contribution in [2.45, 2.75) is 20.8 Å². The molecule has 0 radical (unpaired) electrons. The van der Waals surface area contributed by atoms with E-state index in [0.717, 1.165) is 0 Å². The number of benzene rings is 1. The molecule has 0 fully saturated rings. The first-order valence-corrected chi connectivity index (χ1v) is 6.07. The SMILES string of the molecule is CC(C)=C1[C-]=CC=C1.Cc1[c-][nH]c2ccccc12.[Cl-].[Cl-].[Zr+4]. The number of halogens is 2. The third-order valence-electron chi connectivity index (χ3n) is 2.85. The topological polar surface area (TPSA) is 15.8 Å². The Bertz CT molecular complexity index is 621. The van der Waals surface area contributed by atoms with Crippen molar-refractivity contribution in [1.82, 2.24) is 4.98 Å². The molecule has 108 valence electrons. The summed E-state index contributed by atoms with van der Waals surface area (Å²) in [6.07, 6.45) is 12.2. The molecular formula is C17H17Cl2NZr. The minimum Gasteiger partial charge on any atom is -1.00 e. The number of nitrogens with one attached hydrogen (secondary N) is 1. The van der Waals surface area contributed by atoms with E-state index in [4.69, 9.17) is 0 Å². The predicted octanol–water partition coefficient (Wildman–Crippen LogP) is -1.47. The van der Waals surface area contributed by atoms with Gasteiger partial charge in [0.2, 0.25) is 0 Å². The van der Waals surface area contributed by atoms with Gasteiger partial charge >= 0.3 is 26.2 Å². The van der Waals surface area contributed by atoms with Crippen molar-refractivity contribution in [2.75, 3.05) is 0 Å². The Morgan fingerprint density at radius 3 is 2.24 bits per heavy atom. The smallest absolute Gasteiger partial charge is 1.00 e. The fourth-order valence-corrected chi connectivity index (χ4v) is 1.79. The van der Waals surface area contributed by atoms with E-state index in [-0.39, 0.29) is 51.0 Å². The minimum atomic E-state index is 0. The molecule has 2 aromatic rings. The van der Waals surface area contributed by atoms with Crippen LogP contribution in [0.4, 0.5) is 0 Å². The van der Waals surface area contributed by atoms with Crippen molar-refractivity contribution in [3.8, 4) is 0 Å². The largest absolute Gasteiger partial charge is 4.00 e. The van der Waals surface area contributed by atoms with Crippen LogP contribution in [0.5, 0.6) is 0 Å². The second-order valence-electron chi connectivity index (χ2n) is 4.50. The van der Waals surface area contributed by atoms with Crippen LogP contribution in [0.1, 0.15) is 19.4 Å². The zero-order chi connectivity index (χ0) is 13.0. The van der Waals surface area contributed by atoms with Crippen LogP contribution in [-0.2, 0) is 26.2 Å². The maximum absolute atomic E-state index is 3.10. The summed E-state index contributed by atoms with van der Waals surface area (Å²) < 4.78 is 0. The summed E-state index contributed by atoms with van der Waals surface area (Å²) in [5.41, 5.74) is 4.91. The molecule has 0 unspecified atom stereocenters. The van der Waals surface area contributed by atoms with Gasteiger partial charge in [-0.15, -0.1) is 35.5 Å². The number of aryl methyl sites for hydroxylation is 1. The number of aromatic nitrogens is 1. The van der Waals surface area contributed by atoms with E-state index in [1.54, 1.807) is 0 Å². The van der Waals surface area contributed by atoms with Crippen LogP contribution in [0.15, 0.2) is 53.6 Å². The first-order valence-electron chi connectivity index (χ1n) is 6.07. The number of aromatic amines is 1. The molecule has 0 bridgehead atoms. The maximum Gasteiger partial charge on any atom is 4.00 e. The zero-order valence-corrected chi connectivity index (χ0v) is 16.3. The van der Waals surface area contributed by atoms with Gasteiger partial charge in [0.25, 0.3) is 0 Å². The fourth-order valence-electron chi connectivity index (χ4n) is 1.79. The average molecular weight is 397 g/mol. The van der Waals surface area contributed by atoms with Gasteiger partial charge in [-0.3, -0.25) is 0 Å². The number of para-hydroxylation sites is 1. The summed E-state index contributed by atoms with van der Waals surface area (Å²) >= 11 is 0. The number of fused-ring (bicyclic) bond motifs is 1. The standard InChI is InChI=1S/C9H8N.C8H9.2ClH.Zr/c1-7-6-10-9-5-3-2-4-8(7)9;1-7(2)8-5-3-4-6-8;;;/h2-5,10H,1H3;3-5H,1-2H3;2*1H;/q2*-1;;;+4/p-2. The predicted molar refractivity (Wildman–Crippen MR) is 77.2 cm³/mol. The van der Waals surface area contributed by atoms with E-state index in [1.807, 2.05) is 24.3 Å². The average Bonchev–Trinajstić information content (AvgIpc) is 3.01. The number of H-pyrrole nitrogens is 1. The molecule has 1 aliphatic carbocycles. The van der Waals surface area contributed by atoms with Crippen LogP contribution in [-0.4, -0.2) is 4.98 Å². The van der Waals surface area contributed by atoms with Gasteiger partial charge in [0.15, 0.2) is 0 Å². The van der Waals surface area contributed by atoms with E-state index in [0.29, 0.717) is 0 Å². The molecule has 0 atom stereocenters. The molecule has 1 heterocycles. The summed E-state index contributed by atoms with van der Waals surface area (Å²) in [5.74, 6) is 0. The third-order valence-corrected chi connectivity index (χ3v) is 2.85. The van der Waals surface area contributed by atoms with Crippen molar-refractivity contribution in [3.05, 3.63) is 71.5 Å².